The highest BCUT2D eigenvalue weighted by Gasteiger charge is 1.89. The van der Waals surface area contributed by atoms with Crippen molar-refractivity contribution in [3.05, 3.63) is 0 Å². The first-order valence-corrected chi connectivity index (χ1v) is 7.41. The van der Waals surface area contributed by atoms with Gasteiger partial charge in [0.15, 0.2) is 0 Å². The van der Waals surface area contributed by atoms with Crippen LogP contribution in [-0.2, 0) is 10.5 Å². The molecule has 0 aliphatic heterocycles. The van der Waals surface area contributed by atoms with Crippen LogP contribution in [0.25, 0.3) is 0 Å². The van der Waals surface area contributed by atoms with Gasteiger partial charge in [-0.1, -0.05) is 29.9 Å². The molecular weight excluding hydrogens is 175 g/mol. The lowest BCUT2D eigenvalue weighted by atomic mass is 11.0. The summed E-state index contributed by atoms with van der Waals surface area (Å²) < 4.78 is 34.1. The lowest BCUT2D eigenvalue weighted by molar-refractivity contribution is 0.435. The third-order valence-corrected chi connectivity index (χ3v) is 2.45. The first kappa shape index (κ1) is 12.7. The summed E-state index contributed by atoms with van der Waals surface area (Å²) in [5.41, 5.74) is 0. The Morgan fingerprint density at radius 3 is 1.60 bits per heavy atom. The summed E-state index contributed by atoms with van der Waals surface area (Å²) in [5, 5.41) is 0. The van der Waals surface area contributed by atoms with Gasteiger partial charge >= 0.3 is 10.5 Å². The fraction of sp³-hybridized carbons (Fsp3) is 1.00. The standard InChI is InChI=1S/C4H12Si.FHO3S/c1-4-5(2)3;1-5(2,3)4/h5H,4H2,1-3H3;(H,2,3,4). The molecule has 0 fully saturated rings. The van der Waals surface area contributed by atoms with Crippen molar-refractivity contribution in [3.63, 3.8) is 0 Å². The van der Waals surface area contributed by atoms with Crippen molar-refractivity contribution in [2.24, 2.45) is 0 Å². The molecule has 0 heterocycles. The summed E-state index contributed by atoms with van der Waals surface area (Å²) in [5.74, 6) is 0. The molecule has 10 heavy (non-hydrogen) atoms. The van der Waals surface area contributed by atoms with E-state index in [2.05, 4.69) is 20.0 Å². The summed E-state index contributed by atoms with van der Waals surface area (Å²) in [6.45, 7) is 6.98. The summed E-state index contributed by atoms with van der Waals surface area (Å²) in [7, 11) is -5.32. The van der Waals surface area contributed by atoms with E-state index in [9.17, 15) is 3.89 Å². The summed E-state index contributed by atoms with van der Waals surface area (Å²) in [6, 6.07) is 1.44. The molecule has 0 aromatic heterocycles. The molecule has 64 valence electrons. The van der Waals surface area contributed by atoms with E-state index < -0.39 is 10.5 Å². The van der Waals surface area contributed by atoms with Gasteiger partial charge in [0.1, 0.15) is 0 Å². The van der Waals surface area contributed by atoms with Crippen molar-refractivity contribution < 1.29 is 16.9 Å². The fourth-order valence-electron chi connectivity index (χ4n) is 0. The average Bonchev–Trinajstić information content (AvgIpc) is 1.61. The van der Waals surface area contributed by atoms with E-state index >= 15 is 0 Å². The van der Waals surface area contributed by atoms with Gasteiger partial charge in [-0.3, -0.25) is 4.55 Å². The molecule has 6 heteroatoms. The maximum Gasteiger partial charge on any atom is 0.435 e. The third-order valence-electron chi connectivity index (χ3n) is 0.816. The number of rotatable bonds is 1. The molecule has 1 N–H and O–H groups in total. The second kappa shape index (κ2) is 5.81. The Morgan fingerprint density at radius 1 is 1.50 bits per heavy atom. The van der Waals surface area contributed by atoms with E-state index in [4.69, 9.17) is 13.0 Å². The molecular formula is C4H13FO3SSi. The average molecular weight is 188 g/mol. The molecule has 0 aromatic rings. The molecule has 0 saturated carbocycles. The van der Waals surface area contributed by atoms with Crippen molar-refractivity contribution in [1.29, 1.82) is 0 Å². The molecule has 0 atom stereocenters. The molecule has 0 radical (unpaired) electrons. The molecule has 3 nitrogen and oxygen atoms in total. The highest BCUT2D eigenvalue weighted by molar-refractivity contribution is 7.80. The van der Waals surface area contributed by atoms with Crippen LogP contribution in [0, 0.1) is 0 Å². The highest BCUT2D eigenvalue weighted by Crippen LogP contribution is 1.83. The molecule has 0 aliphatic rings. The van der Waals surface area contributed by atoms with Gasteiger partial charge in [-0.25, -0.2) is 0 Å². The predicted octanol–water partition coefficient (Wildman–Crippen LogP) is 1.25. The van der Waals surface area contributed by atoms with Crippen LogP contribution in [0.1, 0.15) is 6.92 Å². The third kappa shape index (κ3) is 94.8. The largest absolute Gasteiger partial charge is 0.435 e. The van der Waals surface area contributed by atoms with Crippen molar-refractivity contribution in [2.45, 2.75) is 26.1 Å². The Hall–Kier alpha value is 0.0569. The minimum absolute atomic E-state index is 0.150. The van der Waals surface area contributed by atoms with Gasteiger partial charge in [-0.2, -0.15) is 8.42 Å². The topological polar surface area (TPSA) is 54.4 Å². The molecule has 0 spiro atoms. The van der Waals surface area contributed by atoms with Gasteiger partial charge in [0.25, 0.3) is 0 Å². The molecule has 0 rings (SSSR count). The van der Waals surface area contributed by atoms with Gasteiger partial charge < -0.3 is 0 Å². The molecule has 0 aliphatic carbocycles. The zero-order valence-corrected chi connectivity index (χ0v) is 8.31. The Kier molecular flexibility index (Phi) is 7.39. The van der Waals surface area contributed by atoms with Crippen molar-refractivity contribution in [2.75, 3.05) is 0 Å². The van der Waals surface area contributed by atoms with Crippen LogP contribution >= 0.6 is 0 Å². The summed E-state index contributed by atoms with van der Waals surface area (Å²) in [4.78, 5) is 0. The first-order chi connectivity index (χ1) is 4.27. The molecule has 0 aromatic carbocycles. The lowest BCUT2D eigenvalue weighted by Gasteiger charge is -1.87. The van der Waals surface area contributed by atoms with E-state index in [-0.39, 0.29) is 8.80 Å². The van der Waals surface area contributed by atoms with Crippen LogP contribution in [0.5, 0.6) is 0 Å². The van der Waals surface area contributed by atoms with Crippen LogP contribution in [0.2, 0.25) is 19.1 Å². The van der Waals surface area contributed by atoms with Gasteiger partial charge in [0, 0.05) is 8.80 Å². The van der Waals surface area contributed by atoms with Crippen LogP contribution < -0.4 is 0 Å². The van der Waals surface area contributed by atoms with Crippen LogP contribution in [0.4, 0.5) is 3.89 Å². The Balaban J connectivity index is 0. The smallest absolute Gasteiger partial charge is 0.260 e. The van der Waals surface area contributed by atoms with Gasteiger partial charge in [0.2, 0.25) is 0 Å². The number of halogens is 1. The lowest BCUT2D eigenvalue weighted by Crippen LogP contribution is -1.92. The SMILES string of the molecule is CC[SiH](C)C.O=S(=O)(O)F. The van der Waals surface area contributed by atoms with Crippen molar-refractivity contribution in [1.82, 2.24) is 0 Å². The van der Waals surface area contributed by atoms with Gasteiger partial charge in [-0.15, -0.1) is 0 Å². The predicted molar refractivity (Wildman–Crippen MR) is 42.0 cm³/mol. The number of hydrogen-bond acceptors (Lipinski definition) is 2. The molecule has 0 unspecified atom stereocenters. The summed E-state index contributed by atoms with van der Waals surface area (Å²) in [6.07, 6.45) is 0. The zero-order valence-electron chi connectivity index (χ0n) is 6.33. The Bertz CT molecular complexity index is 146. The van der Waals surface area contributed by atoms with Gasteiger partial charge in [-0.05, 0) is 0 Å². The molecule has 0 amide bonds. The maximum absolute atomic E-state index is 10.2. The summed E-state index contributed by atoms with van der Waals surface area (Å²) >= 11 is 0. The second-order valence-corrected chi connectivity index (χ2v) is 6.64. The van der Waals surface area contributed by atoms with Crippen LogP contribution in [0.15, 0.2) is 0 Å². The highest BCUT2D eigenvalue weighted by atomic mass is 32.3. The monoisotopic (exact) mass is 188 g/mol. The minimum atomic E-state index is -5.17. The fourth-order valence-corrected chi connectivity index (χ4v) is 0. The van der Waals surface area contributed by atoms with Crippen molar-refractivity contribution >= 4 is 19.3 Å². The van der Waals surface area contributed by atoms with Crippen molar-refractivity contribution in [3.8, 4) is 0 Å². The quantitative estimate of drug-likeness (QED) is 0.383. The minimum Gasteiger partial charge on any atom is -0.260 e. The van der Waals surface area contributed by atoms with E-state index in [0.29, 0.717) is 0 Å². The van der Waals surface area contributed by atoms with E-state index in [1.807, 2.05) is 0 Å². The van der Waals surface area contributed by atoms with E-state index in [1.54, 1.807) is 0 Å². The normalized spacial score (nSPS) is 10.6. The van der Waals surface area contributed by atoms with Gasteiger partial charge in [0.05, 0.1) is 0 Å². The Labute approximate surface area is 62.9 Å². The number of hydrogen-bond donors (Lipinski definition) is 1. The molecule has 0 bridgehead atoms. The second-order valence-electron chi connectivity index (χ2n) is 2.21. The maximum atomic E-state index is 10.2. The van der Waals surface area contributed by atoms with Crippen LogP contribution in [-0.4, -0.2) is 21.8 Å². The zero-order chi connectivity index (χ0) is 8.78. The molecule has 0 saturated heterocycles. The first-order valence-electron chi connectivity index (χ1n) is 2.94. The van der Waals surface area contributed by atoms with Crippen LogP contribution in [0.3, 0.4) is 0 Å². The van der Waals surface area contributed by atoms with E-state index in [0.717, 1.165) is 0 Å². The Morgan fingerprint density at radius 2 is 1.60 bits per heavy atom. The van der Waals surface area contributed by atoms with E-state index in [1.165, 1.54) is 6.04 Å².